The van der Waals surface area contributed by atoms with E-state index in [4.69, 9.17) is 13.9 Å². The van der Waals surface area contributed by atoms with Crippen LogP contribution in [0.4, 0.5) is 0 Å². The average molecular weight is 284 g/mol. The summed E-state index contributed by atoms with van der Waals surface area (Å²) >= 11 is 0. The van der Waals surface area contributed by atoms with E-state index in [9.17, 15) is 0 Å². The van der Waals surface area contributed by atoms with Crippen LogP contribution >= 0.6 is 0 Å². The summed E-state index contributed by atoms with van der Waals surface area (Å²) in [7, 11) is -1.73. The van der Waals surface area contributed by atoms with Crippen molar-refractivity contribution in [1.82, 2.24) is 0 Å². The van der Waals surface area contributed by atoms with Gasteiger partial charge >= 0.3 is 0 Å². The molecule has 0 N–H and O–H groups in total. The van der Waals surface area contributed by atoms with Gasteiger partial charge in [0.2, 0.25) is 0 Å². The van der Waals surface area contributed by atoms with E-state index >= 15 is 0 Å². The minimum absolute atomic E-state index is 0.0583. The van der Waals surface area contributed by atoms with Gasteiger partial charge in [-0.15, -0.1) is 0 Å². The Bertz CT molecular complexity index is 332. The van der Waals surface area contributed by atoms with Gasteiger partial charge in [0, 0.05) is 11.8 Å². The molecule has 4 rings (SSSR count). The Labute approximate surface area is 118 Å². The standard InChI is InChI=1S/C15H28O3Si/c1-15(2,3)19(4,5)18-13-11-7-6-10-8-12(13)17-14(10)16-9-11/h10-14H,6-9H2,1-5H3. The van der Waals surface area contributed by atoms with Crippen LogP contribution in [-0.4, -0.2) is 33.4 Å². The van der Waals surface area contributed by atoms with Crippen LogP contribution in [-0.2, 0) is 13.9 Å². The van der Waals surface area contributed by atoms with Crippen molar-refractivity contribution in [3.8, 4) is 0 Å². The smallest absolute Gasteiger partial charge is 0.192 e. The average Bonchev–Trinajstić information content (AvgIpc) is 2.42. The molecule has 4 fully saturated rings. The summed E-state index contributed by atoms with van der Waals surface area (Å²) in [6, 6.07) is 0. The molecule has 3 nitrogen and oxygen atoms in total. The molecule has 5 atom stereocenters. The molecule has 1 aliphatic carbocycles. The molecule has 4 aliphatic rings. The van der Waals surface area contributed by atoms with Crippen molar-refractivity contribution in [2.75, 3.05) is 6.61 Å². The number of fused-ring (bicyclic) bond motifs is 2. The summed E-state index contributed by atoms with van der Waals surface area (Å²) in [6.07, 6.45) is 4.24. The van der Waals surface area contributed by atoms with Crippen LogP contribution in [0.2, 0.25) is 18.1 Å². The maximum absolute atomic E-state index is 6.72. The van der Waals surface area contributed by atoms with Crippen molar-refractivity contribution in [1.29, 1.82) is 0 Å². The Morgan fingerprint density at radius 2 is 1.79 bits per heavy atom. The second kappa shape index (κ2) is 4.55. The third kappa shape index (κ3) is 2.41. The van der Waals surface area contributed by atoms with E-state index in [1.54, 1.807) is 0 Å². The Balaban J connectivity index is 1.81. The Kier molecular flexibility index (Phi) is 3.37. The summed E-state index contributed by atoms with van der Waals surface area (Å²) in [4.78, 5) is 0. The molecule has 5 unspecified atom stereocenters. The fraction of sp³-hybridized carbons (Fsp3) is 1.00. The van der Waals surface area contributed by atoms with Crippen LogP contribution in [0.3, 0.4) is 0 Å². The summed E-state index contributed by atoms with van der Waals surface area (Å²) in [5.41, 5.74) is 0. The second-order valence-electron chi connectivity index (χ2n) is 8.05. The monoisotopic (exact) mass is 284 g/mol. The molecule has 0 spiro atoms. The normalized spacial score (nSPS) is 42.5. The first kappa shape index (κ1) is 14.1. The van der Waals surface area contributed by atoms with Gasteiger partial charge in [0.15, 0.2) is 14.6 Å². The molecule has 110 valence electrons. The Morgan fingerprint density at radius 1 is 1.11 bits per heavy atom. The molecule has 0 amide bonds. The predicted octanol–water partition coefficient (Wildman–Crippen LogP) is 3.55. The number of ether oxygens (including phenoxy) is 2. The van der Waals surface area contributed by atoms with Crippen molar-refractivity contribution in [3.05, 3.63) is 0 Å². The van der Waals surface area contributed by atoms with Crippen molar-refractivity contribution < 1.29 is 13.9 Å². The first-order chi connectivity index (χ1) is 8.78. The molecular weight excluding hydrogens is 256 g/mol. The zero-order valence-electron chi connectivity index (χ0n) is 12.9. The first-order valence-electron chi connectivity index (χ1n) is 7.73. The van der Waals surface area contributed by atoms with Gasteiger partial charge in [-0.05, 0) is 37.4 Å². The van der Waals surface area contributed by atoms with Gasteiger partial charge in [-0.2, -0.15) is 0 Å². The first-order valence-corrected chi connectivity index (χ1v) is 10.6. The van der Waals surface area contributed by atoms with Crippen LogP contribution in [0.25, 0.3) is 0 Å². The van der Waals surface area contributed by atoms with Crippen LogP contribution in [0, 0.1) is 11.8 Å². The molecular formula is C15H28O3Si. The van der Waals surface area contributed by atoms with Gasteiger partial charge in [0.25, 0.3) is 0 Å². The van der Waals surface area contributed by atoms with Crippen LogP contribution in [0.1, 0.15) is 40.0 Å². The topological polar surface area (TPSA) is 27.7 Å². The minimum Gasteiger partial charge on any atom is -0.411 e. The lowest BCUT2D eigenvalue weighted by atomic mass is 9.97. The maximum Gasteiger partial charge on any atom is 0.192 e. The summed E-state index contributed by atoms with van der Waals surface area (Å²) < 4.78 is 18.7. The molecule has 3 heterocycles. The molecule has 3 saturated heterocycles. The zero-order valence-corrected chi connectivity index (χ0v) is 13.9. The third-order valence-corrected chi connectivity index (χ3v) is 10.2. The SMILES string of the molecule is CC(C)(C)[Si](C)(C)OC1C2CCC3CC1OC3OC2. The third-order valence-electron chi connectivity index (χ3n) is 5.68. The van der Waals surface area contributed by atoms with E-state index in [0.29, 0.717) is 11.8 Å². The number of hydrogen-bond acceptors (Lipinski definition) is 3. The van der Waals surface area contributed by atoms with E-state index in [2.05, 4.69) is 33.9 Å². The van der Waals surface area contributed by atoms with E-state index in [1.807, 2.05) is 0 Å². The number of hydrogen-bond donors (Lipinski definition) is 0. The van der Waals surface area contributed by atoms with Crippen molar-refractivity contribution >= 4 is 8.32 Å². The molecule has 19 heavy (non-hydrogen) atoms. The Hall–Kier alpha value is 0.0969. The summed E-state index contributed by atoms with van der Waals surface area (Å²) in [5, 5.41) is 0.260. The maximum atomic E-state index is 6.72. The molecule has 4 bridgehead atoms. The molecule has 0 radical (unpaired) electrons. The second-order valence-corrected chi connectivity index (χ2v) is 12.8. The predicted molar refractivity (Wildman–Crippen MR) is 77.5 cm³/mol. The highest BCUT2D eigenvalue weighted by Crippen LogP contribution is 2.47. The summed E-state index contributed by atoms with van der Waals surface area (Å²) in [6.45, 7) is 12.4. The fourth-order valence-corrected chi connectivity index (χ4v) is 4.75. The van der Waals surface area contributed by atoms with E-state index in [-0.39, 0.29) is 23.5 Å². The molecule has 1 saturated carbocycles. The van der Waals surface area contributed by atoms with E-state index < -0.39 is 8.32 Å². The fourth-order valence-electron chi connectivity index (χ4n) is 3.37. The van der Waals surface area contributed by atoms with Gasteiger partial charge in [0.1, 0.15) is 0 Å². The zero-order chi connectivity index (χ0) is 13.8. The molecule has 0 aromatic heterocycles. The lowest BCUT2D eigenvalue weighted by Gasteiger charge is -2.42. The van der Waals surface area contributed by atoms with Crippen molar-refractivity contribution in [2.24, 2.45) is 11.8 Å². The lowest BCUT2D eigenvalue weighted by Crippen LogP contribution is -2.49. The van der Waals surface area contributed by atoms with Gasteiger partial charge in [-0.25, -0.2) is 0 Å². The molecule has 0 aromatic rings. The summed E-state index contributed by atoms with van der Waals surface area (Å²) in [5.74, 6) is 1.15. The molecule has 0 aromatic carbocycles. The largest absolute Gasteiger partial charge is 0.411 e. The van der Waals surface area contributed by atoms with Gasteiger partial charge < -0.3 is 13.9 Å². The van der Waals surface area contributed by atoms with Gasteiger partial charge in [-0.1, -0.05) is 20.8 Å². The number of rotatable bonds is 2. The van der Waals surface area contributed by atoms with Gasteiger partial charge in [-0.3, -0.25) is 0 Å². The highest BCUT2D eigenvalue weighted by Gasteiger charge is 2.51. The lowest BCUT2D eigenvalue weighted by molar-refractivity contribution is -0.138. The highest BCUT2D eigenvalue weighted by molar-refractivity contribution is 6.74. The van der Waals surface area contributed by atoms with Crippen molar-refractivity contribution in [2.45, 2.75) is 76.7 Å². The van der Waals surface area contributed by atoms with Crippen molar-refractivity contribution in [3.63, 3.8) is 0 Å². The van der Waals surface area contributed by atoms with Crippen LogP contribution < -0.4 is 0 Å². The minimum atomic E-state index is -1.73. The van der Waals surface area contributed by atoms with Crippen LogP contribution in [0.15, 0.2) is 0 Å². The molecule has 3 aliphatic heterocycles. The van der Waals surface area contributed by atoms with Gasteiger partial charge in [0.05, 0.1) is 18.8 Å². The van der Waals surface area contributed by atoms with E-state index in [1.165, 1.54) is 12.8 Å². The Morgan fingerprint density at radius 3 is 2.47 bits per heavy atom. The highest BCUT2D eigenvalue weighted by atomic mass is 28.4. The molecule has 4 heteroatoms. The quantitative estimate of drug-likeness (QED) is 0.726. The van der Waals surface area contributed by atoms with E-state index in [0.717, 1.165) is 13.0 Å². The van der Waals surface area contributed by atoms with Crippen LogP contribution in [0.5, 0.6) is 0 Å².